The average molecular weight is 779 g/mol. The summed E-state index contributed by atoms with van der Waals surface area (Å²) in [4.78, 5) is 49.7. The van der Waals surface area contributed by atoms with Crippen LogP contribution in [0.5, 0.6) is 5.75 Å². The Hall–Kier alpha value is -4.44. The second-order valence-electron chi connectivity index (χ2n) is 17.4. The van der Waals surface area contributed by atoms with E-state index in [0.29, 0.717) is 29.9 Å². The lowest BCUT2D eigenvalue weighted by Gasteiger charge is -2.49. The van der Waals surface area contributed by atoms with Gasteiger partial charge >= 0.3 is 5.97 Å². The minimum atomic E-state index is -0.996. The van der Waals surface area contributed by atoms with Crippen LogP contribution in [0.4, 0.5) is 4.39 Å². The normalized spacial score (nSPS) is 29.1. The van der Waals surface area contributed by atoms with Gasteiger partial charge in [0.2, 0.25) is 0 Å². The van der Waals surface area contributed by atoms with Crippen molar-refractivity contribution < 1.29 is 28.2 Å². The van der Waals surface area contributed by atoms with Gasteiger partial charge in [-0.25, -0.2) is 9.18 Å². The summed E-state index contributed by atoms with van der Waals surface area (Å²) in [5, 5.41) is 4.99. The third kappa shape index (κ3) is 7.66. The Morgan fingerprint density at radius 2 is 1.79 bits per heavy atom. The van der Waals surface area contributed by atoms with Gasteiger partial charge in [0, 0.05) is 49.9 Å². The molecule has 5 aliphatic carbocycles. The molecule has 7 aliphatic rings. The number of amides is 1. The monoisotopic (exact) mass is 778 g/mol. The second kappa shape index (κ2) is 16.4. The Labute approximate surface area is 337 Å². The molecule has 304 valence electrons. The van der Waals surface area contributed by atoms with Gasteiger partial charge in [-0.15, -0.1) is 6.58 Å². The van der Waals surface area contributed by atoms with Crippen molar-refractivity contribution in [2.75, 3.05) is 39.8 Å². The molecule has 57 heavy (non-hydrogen) atoms. The molecule has 0 radical (unpaired) electrons. The molecule has 4 saturated carbocycles. The summed E-state index contributed by atoms with van der Waals surface area (Å²) in [6, 6.07) is 10.9. The number of ketones is 1. The van der Waals surface area contributed by atoms with Gasteiger partial charge in [0.25, 0.3) is 5.91 Å². The van der Waals surface area contributed by atoms with Gasteiger partial charge in [-0.2, -0.15) is 0 Å². The molecule has 0 aromatic heterocycles. The maximum atomic E-state index is 15.9. The van der Waals surface area contributed by atoms with E-state index in [1.54, 1.807) is 13.3 Å². The van der Waals surface area contributed by atoms with E-state index in [1.807, 2.05) is 44.2 Å². The Morgan fingerprint density at radius 3 is 2.46 bits per heavy atom. The van der Waals surface area contributed by atoms with Gasteiger partial charge in [0.1, 0.15) is 23.7 Å². The third-order valence-electron chi connectivity index (χ3n) is 14.2. The lowest BCUT2D eigenvalue weighted by molar-refractivity contribution is -0.162. The number of hydrogen-bond donors (Lipinski definition) is 1. The molecule has 7 unspecified atom stereocenters. The van der Waals surface area contributed by atoms with Crippen molar-refractivity contribution in [1.82, 2.24) is 20.0 Å². The molecule has 9 atom stereocenters. The first-order valence-electron chi connectivity index (χ1n) is 21.4. The number of benzene rings is 2. The number of allylic oxidation sites excluding steroid dienone is 2. The second-order valence-corrected chi connectivity index (χ2v) is 17.4. The number of nitrogens with one attached hydrogen (secondary N) is 1. The number of ether oxygens (including phenoxy) is 2. The largest absolute Gasteiger partial charge is 0.497 e. The first kappa shape index (κ1) is 39.4. The Morgan fingerprint density at radius 1 is 1.02 bits per heavy atom. The minimum Gasteiger partial charge on any atom is -0.497 e. The van der Waals surface area contributed by atoms with Crippen molar-refractivity contribution in [2.45, 2.75) is 89.9 Å². The van der Waals surface area contributed by atoms with Crippen LogP contribution in [0.3, 0.4) is 0 Å². The molecule has 1 saturated heterocycles. The SMILES string of the molecule is C=CC1CC2CCC1CC2[C@H](OC(=O)[C@@H](NC(=O)C1=CN(C2CC2)C2C=C(N3CCN(CC)CC3)C(F)=CC2C1=O)C(C)CC)c1cccc2ccc(OC)cc12. The summed E-state index contributed by atoms with van der Waals surface area (Å²) < 4.78 is 28.3. The summed E-state index contributed by atoms with van der Waals surface area (Å²) in [6.07, 6.45) is 13.2. The number of piperazine rings is 1. The van der Waals surface area contributed by atoms with Crippen molar-refractivity contribution in [3.63, 3.8) is 0 Å². The molecule has 2 heterocycles. The lowest BCUT2D eigenvalue weighted by Crippen LogP contribution is -2.53. The molecule has 0 spiro atoms. The summed E-state index contributed by atoms with van der Waals surface area (Å²) in [5.41, 5.74) is 1.43. The Kier molecular flexibility index (Phi) is 11.4. The van der Waals surface area contributed by atoms with Crippen LogP contribution in [0, 0.1) is 35.5 Å². The van der Waals surface area contributed by atoms with E-state index in [2.05, 4.69) is 51.7 Å². The fourth-order valence-corrected chi connectivity index (χ4v) is 10.4. The Balaban J connectivity index is 1.07. The van der Waals surface area contributed by atoms with Crippen LogP contribution in [-0.4, -0.2) is 90.3 Å². The van der Waals surface area contributed by atoms with Crippen LogP contribution in [0.15, 0.2) is 84.5 Å². The highest BCUT2D eigenvalue weighted by atomic mass is 19.1. The van der Waals surface area contributed by atoms with Crippen LogP contribution in [0.1, 0.15) is 77.4 Å². The fourth-order valence-electron chi connectivity index (χ4n) is 10.4. The molecule has 2 aromatic carbocycles. The van der Waals surface area contributed by atoms with Crippen LogP contribution >= 0.6 is 0 Å². The number of halogens is 1. The van der Waals surface area contributed by atoms with Crippen LogP contribution in [0.25, 0.3) is 10.8 Å². The van der Waals surface area contributed by atoms with Gasteiger partial charge in [0.15, 0.2) is 5.78 Å². The van der Waals surface area contributed by atoms with Crippen molar-refractivity contribution in [1.29, 1.82) is 0 Å². The maximum Gasteiger partial charge on any atom is 0.329 e. The molecule has 1 N–H and O–H groups in total. The van der Waals surface area contributed by atoms with Gasteiger partial charge < -0.3 is 29.5 Å². The zero-order chi connectivity index (χ0) is 40.0. The zero-order valence-electron chi connectivity index (χ0n) is 34.0. The van der Waals surface area contributed by atoms with Crippen LogP contribution < -0.4 is 10.1 Å². The highest BCUT2D eigenvalue weighted by Gasteiger charge is 2.48. The number of carbonyl (C=O) groups is 3. The third-order valence-corrected chi connectivity index (χ3v) is 14.2. The number of hydrogen-bond acceptors (Lipinski definition) is 8. The number of nitrogens with zero attached hydrogens (tertiary/aromatic N) is 3. The molecule has 1 amide bonds. The fraction of sp³-hybridized carbons (Fsp3) is 0.553. The summed E-state index contributed by atoms with van der Waals surface area (Å²) in [6.45, 7) is 14.3. The topological polar surface area (TPSA) is 91.4 Å². The molecule has 9 nitrogen and oxygen atoms in total. The number of carbonyl (C=O) groups excluding carboxylic acids is 3. The van der Waals surface area contributed by atoms with E-state index in [9.17, 15) is 14.4 Å². The van der Waals surface area contributed by atoms with Gasteiger partial charge in [0.05, 0.1) is 30.3 Å². The van der Waals surface area contributed by atoms with E-state index >= 15 is 4.39 Å². The van der Waals surface area contributed by atoms with Crippen molar-refractivity contribution in [3.8, 4) is 5.75 Å². The number of Topliss-reactive ketones (excluding diaryl/α,β-unsaturated/α-hetero) is 1. The highest BCUT2D eigenvalue weighted by Crippen LogP contribution is 2.54. The Bertz CT molecular complexity index is 1980. The minimum absolute atomic E-state index is 0.0422. The molecule has 10 heteroatoms. The number of fused-ring (bicyclic) bond motifs is 5. The van der Waals surface area contributed by atoms with Crippen molar-refractivity contribution >= 4 is 28.4 Å². The van der Waals surface area contributed by atoms with Gasteiger partial charge in [-0.1, -0.05) is 57.5 Å². The predicted octanol–water partition coefficient (Wildman–Crippen LogP) is 7.51. The number of methoxy groups -OCH3 is 1. The predicted molar refractivity (Wildman–Crippen MR) is 220 cm³/mol. The summed E-state index contributed by atoms with van der Waals surface area (Å²) in [7, 11) is 1.65. The number of esters is 1. The lowest BCUT2D eigenvalue weighted by atomic mass is 9.58. The molecular formula is C47H59FN4O5. The van der Waals surface area contributed by atoms with E-state index in [-0.39, 0.29) is 29.5 Å². The highest BCUT2D eigenvalue weighted by molar-refractivity contribution is 6.21. The summed E-state index contributed by atoms with van der Waals surface area (Å²) in [5.74, 6) is -0.965. The first-order valence-corrected chi connectivity index (χ1v) is 21.4. The van der Waals surface area contributed by atoms with Crippen LogP contribution in [-0.2, 0) is 19.1 Å². The number of likely N-dealkylation sites (N-methyl/N-ethyl adjacent to an activating group) is 1. The van der Waals surface area contributed by atoms with Crippen molar-refractivity contribution in [3.05, 3.63) is 90.1 Å². The molecule has 2 bridgehead atoms. The van der Waals surface area contributed by atoms with E-state index in [0.717, 1.165) is 93.3 Å². The molecular weight excluding hydrogens is 720 g/mol. The van der Waals surface area contributed by atoms with Crippen LogP contribution in [0.2, 0.25) is 0 Å². The van der Waals surface area contributed by atoms with E-state index in [1.165, 1.54) is 6.08 Å². The van der Waals surface area contributed by atoms with Gasteiger partial charge in [-0.3, -0.25) is 9.59 Å². The maximum absolute atomic E-state index is 15.9. The zero-order valence-corrected chi connectivity index (χ0v) is 34.0. The smallest absolute Gasteiger partial charge is 0.329 e. The van der Waals surface area contributed by atoms with Gasteiger partial charge in [-0.05, 0) is 104 Å². The molecule has 2 aliphatic heterocycles. The number of rotatable bonds is 13. The quantitative estimate of drug-likeness (QED) is 0.127. The van der Waals surface area contributed by atoms with Crippen molar-refractivity contribution in [2.24, 2.45) is 35.5 Å². The standard InChI is InChI=1S/C47H59FN4O5/c1-6-28(4)43(47(55)57-45(37-23-31-12-13-32(37)22-29(31)7-2)35-11-9-10-30-14-17-34(56-5)24-36(30)35)49-46(54)39-27-52(33-15-16-33)41-26-42(40(48)25-38(41)44(39)53)51-20-18-50(8-3)19-21-51/h7,9-11,14,17,24-29,31-33,37-38,41,43,45H,2,6,8,12-13,15-16,18-23H2,1,3-5H3,(H,49,54)/t28?,29?,31?,32?,37?,38?,41?,43-,45+/m0/s1. The summed E-state index contributed by atoms with van der Waals surface area (Å²) >= 11 is 0. The molecule has 9 rings (SSSR count). The average Bonchev–Trinajstić information content (AvgIpc) is 4.10. The van der Waals surface area contributed by atoms with E-state index in [4.69, 9.17) is 9.47 Å². The first-order chi connectivity index (χ1) is 27.6. The molecule has 5 fully saturated rings. The molecule has 2 aromatic rings. The van der Waals surface area contributed by atoms with E-state index < -0.39 is 41.6 Å².